The van der Waals surface area contributed by atoms with Gasteiger partial charge in [-0.15, -0.1) is 11.3 Å². The Morgan fingerprint density at radius 1 is 1.17 bits per heavy atom. The number of thiophene rings is 1. The lowest BCUT2D eigenvalue weighted by Crippen LogP contribution is -2.44. The molecule has 2 atom stereocenters. The lowest BCUT2D eigenvalue weighted by Gasteiger charge is -2.28. The molecule has 0 bridgehead atoms. The van der Waals surface area contributed by atoms with Crippen molar-refractivity contribution in [1.82, 2.24) is 0 Å². The summed E-state index contributed by atoms with van der Waals surface area (Å²) in [5.74, 6) is -0.488. The summed E-state index contributed by atoms with van der Waals surface area (Å²) < 4.78 is 0. The highest BCUT2D eigenvalue weighted by atomic mass is 32.1. The van der Waals surface area contributed by atoms with Crippen LogP contribution in [0.25, 0.3) is 0 Å². The van der Waals surface area contributed by atoms with Crippen molar-refractivity contribution < 1.29 is 15.0 Å². The third-order valence-corrected chi connectivity index (χ3v) is 5.18. The van der Waals surface area contributed by atoms with E-state index in [4.69, 9.17) is 0 Å². The number of hydrogen-bond acceptors (Lipinski definition) is 4. The van der Waals surface area contributed by atoms with E-state index in [1.54, 1.807) is 4.90 Å². The number of nitrogens with zero attached hydrogens (tertiary/aromatic N) is 1. The van der Waals surface area contributed by atoms with Gasteiger partial charge in [0.05, 0.1) is 11.6 Å². The topological polar surface area (TPSA) is 60.8 Å². The van der Waals surface area contributed by atoms with Crippen molar-refractivity contribution in [2.45, 2.75) is 38.1 Å². The Morgan fingerprint density at radius 2 is 1.92 bits per heavy atom. The molecule has 0 saturated heterocycles. The molecule has 1 unspecified atom stereocenters. The lowest BCUT2D eigenvalue weighted by molar-refractivity contribution is -0.139. The van der Waals surface area contributed by atoms with E-state index in [0.29, 0.717) is 12.5 Å². The van der Waals surface area contributed by atoms with Gasteiger partial charge in [0.25, 0.3) is 0 Å². The van der Waals surface area contributed by atoms with Crippen molar-refractivity contribution in [2.75, 3.05) is 18.1 Å². The average molecular weight is 347 g/mol. The summed E-state index contributed by atoms with van der Waals surface area (Å²) in [6.45, 7) is 2.48. The van der Waals surface area contributed by atoms with E-state index < -0.39 is 12.0 Å². The second-order valence-electron chi connectivity index (χ2n) is 5.99. The number of carboxylic acid groups (broad SMARTS) is 1. The first-order valence-electron chi connectivity index (χ1n) is 8.32. The fourth-order valence-corrected chi connectivity index (χ4v) is 3.65. The zero-order valence-electron chi connectivity index (χ0n) is 14.0. The molecule has 0 fully saturated rings. The first-order valence-corrected chi connectivity index (χ1v) is 9.20. The monoisotopic (exact) mass is 347 g/mol. The molecule has 2 rings (SSSR count). The van der Waals surface area contributed by atoms with E-state index in [1.807, 2.05) is 23.6 Å². The van der Waals surface area contributed by atoms with E-state index in [2.05, 4.69) is 31.2 Å². The van der Waals surface area contributed by atoms with Crippen molar-refractivity contribution in [1.29, 1.82) is 0 Å². The number of aliphatic hydroxyl groups excluding tert-OH is 1. The molecular formula is C19H25NO3S. The molecule has 2 aromatic rings. The van der Waals surface area contributed by atoms with Crippen LogP contribution in [0.3, 0.4) is 0 Å². The van der Waals surface area contributed by atoms with Crippen LogP contribution in [-0.4, -0.2) is 35.4 Å². The summed E-state index contributed by atoms with van der Waals surface area (Å²) >= 11 is 1.50. The Balaban J connectivity index is 1.88. The van der Waals surface area contributed by atoms with E-state index >= 15 is 0 Å². The molecule has 1 heterocycles. The van der Waals surface area contributed by atoms with Crippen molar-refractivity contribution in [3.8, 4) is 0 Å². The number of benzene rings is 1. The molecule has 4 nitrogen and oxygen atoms in total. The SMILES string of the molecule is CC(CCCCN(c1cccs1)[C@@H](CO)C(=O)O)c1ccccc1. The zero-order chi connectivity index (χ0) is 17.4. The Kier molecular flexibility index (Phi) is 7.28. The molecular weight excluding hydrogens is 322 g/mol. The van der Waals surface area contributed by atoms with Gasteiger partial charge in [-0.3, -0.25) is 0 Å². The highest BCUT2D eigenvalue weighted by molar-refractivity contribution is 7.14. The van der Waals surface area contributed by atoms with E-state index in [9.17, 15) is 15.0 Å². The van der Waals surface area contributed by atoms with Gasteiger partial charge in [0, 0.05) is 6.54 Å². The first-order chi connectivity index (χ1) is 11.6. The summed E-state index contributed by atoms with van der Waals surface area (Å²) in [5, 5.41) is 21.6. The van der Waals surface area contributed by atoms with Gasteiger partial charge in [0.1, 0.15) is 0 Å². The maximum absolute atomic E-state index is 11.4. The predicted molar refractivity (Wildman–Crippen MR) is 98.9 cm³/mol. The molecule has 0 amide bonds. The molecule has 0 aliphatic heterocycles. The molecule has 0 aliphatic carbocycles. The molecule has 130 valence electrons. The van der Waals surface area contributed by atoms with E-state index in [1.165, 1.54) is 16.9 Å². The highest BCUT2D eigenvalue weighted by Gasteiger charge is 2.25. The van der Waals surface area contributed by atoms with Crippen LogP contribution >= 0.6 is 11.3 Å². The minimum absolute atomic E-state index is 0.381. The van der Waals surface area contributed by atoms with Crippen LogP contribution in [0.5, 0.6) is 0 Å². The fourth-order valence-electron chi connectivity index (χ4n) is 2.84. The van der Waals surface area contributed by atoms with Gasteiger partial charge in [-0.25, -0.2) is 4.79 Å². The second kappa shape index (κ2) is 9.45. The summed E-state index contributed by atoms with van der Waals surface area (Å²) in [4.78, 5) is 13.2. The van der Waals surface area contributed by atoms with Crippen LogP contribution in [-0.2, 0) is 4.79 Å². The molecule has 5 heteroatoms. The summed E-state index contributed by atoms with van der Waals surface area (Å²) in [6, 6.07) is 13.4. The first kappa shape index (κ1) is 18.5. The number of anilines is 1. The molecule has 2 N–H and O–H groups in total. The van der Waals surface area contributed by atoms with Gasteiger partial charge >= 0.3 is 5.97 Å². The Bertz CT molecular complexity index is 600. The Hall–Kier alpha value is -1.85. The van der Waals surface area contributed by atoms with Gasteiger partial charge in [-0.1, -0.05) is 43.7 Å². The molecule has 24 heavy (non-hydrogen) atoms. The van der Waals surface area contributed by atoms with E-state index in [0.717, 1.165) is 24.3 Å². The summed E-state index contributed by atoms with van der Waals surface area (Å²) in [7, 11) is 0. The quantitative estimate of drug-likeness (QED) is 0.638. The summed E-state index contributed by atoms with van der Waals surface area (Å²) in [6.07, 6.45) is 2.99. The van der Waals surface area contributed by atoms with Gasteiger partial charge in [-0.05, 0) is 41.8 Å². The van der Waals surface area contributed by atoms with Gasteiger partial charge in [0.15, 0.2) is 6.04 Å². The molecule has 0 spiro atoms. The van der Waals surface area contributed by atoms with Crippen LogP contribution in [0.4, 0.5) is 5.00 Å². The third-order valence-electron chi connectivity index (χ3n) is 4.28. The zero-order valence-corrected chi connectivity index (χ0v) is 14.8. The minimum atomic E-state index is -0.983. The van der Waals surface area contributed by atoms with Crippen LogP contribution in [0.2, 0.25) is 0 Å². The molecule has 0 saturated carbocycles. The van der Waals surface area contributed by atoms with Crippen LogP contribution in [0.1, 0.15) is 37.7 Å². The van der Waals surface area contributed by atoms with Crippen LogP contribution in [0.15, 0.2) is 47.8 Å². The molecule has 1 aromatic carbocycles. The standard InChI is InChI=1S/C19H25NO3S/c1-15(16-9-3-2-4-10-16)8-5-6-12-20(17(14-21)19(22)23)18-11-7-13-24-18/h2-4,7,9-11,13,15,17,21H,5-6,8,12,14H2,1H3,(H,22,23)/t15?,17-/m0/s1. The fraction of sp³-hybridized carbons (Fsp3) is 0.421. The van der Waals surface area contributed by atoms with Crippen molar-refractivity contribution in [2.24, 2.45) is 0 Å². The van der Waals surface area contributed by atoms with Crippen molar-refractivity contribution in [3.63, 3.8) is 0 Å². The minimum Gasteiger partial charge on any atom is -0.480 e. The maximum atomic E-state index is 11.4. The number of hydrogen-bond donors (Lipinski definition) is 2. The predicted octanol–water partition coefficient (Wildman–Crippen LogP) is 3.97. The van der Waals surface area contributed by atoms with Crippen molar-refractivity contribution in [3.05, 3.63) is 53.4 Å². The van der Waals surface area contributed by atoms with Crippen LogP contribution < -0.4 is 4.90 Å². The number of rotatable bonds is 10. The van der Waals surface area contributed by atoms with Crippen LogP contribution in [0, 0.1) is 0 Å². The maximum Gasteiger partial charge on any atom is 0.328 e. The van der Waals surface area contributed by atoms with Gasteiger partial charge < -0.3 is 15.1 Å². The largest absolute Gasteiger partial charge is 0.480 e. The Morgan fingerprint density at radius 3 is 2.50 bits per heavy atom. The molecule has 0 radical (unpaired) electrons. The third kappa shape index (κ3) is 5.08. The number of carbonyl (C=O) groups is 1. The summed E-state index contributed by atoms with van der Waals surface area (Å²) in [5.41, 5.74) is 1.34. The molecule has 1 aromatic heterocycles. The average Bonchev–Trinajstić information content (AvgIpc) is 3.12. The smallest absolute Gasteiger partial charge is 0.328 e. The number of aliphatic carboxylic acids is 1. The van der Waals surface area contributed by atoms with Gasteiger partial charge in [-0.2, -0.15) is 0 Å². The van der Waals surface area contributed by atoms with E-state index in [-0.39, 0.29) is 6.61 Å². The van der Waals surface area contributed by atoms with Crippen molar-refractivity contribution >= 4 is 22.3 Å². The normalized spacial score (nSPS) is 13.4. The highest BCUT2D eigenvalue weighted by Crippen LogP contribution is 2.25. The number of unbranched alkanes of at least 4 members (excludes halogenated alkanes) is 1. The number of carboxylic acids is 1. The number of aliphatic hydroxyl groups is 1. The second-order valence-corrected chi connectivity index (χ2v) is 6.91. The molecule has 0 aliphatic rings. The van der Waals surface area contributed by atoms with Gasteiger partial charge in [0.2, 0.25) is 0 Å². The Labute approximate surface area is 147 Å². The lowest BCUT2D eigenvalue weighted by atomic mass is 9.95.